The van der Waals surface area contributed by atoms with Gasteiger partial charge in [-0.15, -0.1) is 0 Å². The first-order valence-corrected chi connectivity index (χ1v) is 7.54. The van der Waals surface area contributed by atoms with Gasteiger partial charge in [-0.25, -0.2) is 13.1 Å². The van der Waals surface area contributed by atoms with Gasteiger partial charge in [-0.3, -0.25) is 0 Å². The van der Waals surface area contributed by atoms with Crippen molar-refractivity contribution in [2.45, 2.75) is 31.2 Å². The van der Waals surface area contributed by atoms with Crippen LogP contribution < -0.4 is 9.46 Å². The summed E-state index contributed by atoms with van der Waals surface area (Å²) in [5.41, 5.74) is 0. The third-order valence-electron chi connectivity index (χ3n) is 2.38. The number of hydrogen-bond acceptors (Lipinski definition) is 3. The Morgan fingerprint density at radius 3 is 2.65 bits per heavy atom. The third kappa shape index (κ3) is 3.69. The topological polar surface area (TPSA) is 55.4 Å². The summed E-state index contributed by atoms with van der Waals surface area (Å²) in [5.74, 6) is 0.337. The van der Waals surface area contributed by atoms with Crippen LogP contribution in [0.3, 0.4) is 0 Å². The molecule has 0 aliphatic heterocycles. The van der Waals surface area contributed by atoms with E-state index in [0.717, 1.165) is 6.42 Å². The van der Waals surface area contributed by atoms with E-state index in [0.29, 0.717) is 10.2 Å². The minimum atomic E-state index is -3.54. The highest BCUT2D eigenvalue weighted by atomic mass is 79.9. The lowest BCUT2D eigenvalue weighted by atomic mass is 10.3. The molecule has 1 atom stereocenters. The molecular formula is C11H16BrNO3S. The Labute approximate surface area is 111 Å². The van der Waals surface area contributed by atoms with Crippen LogP contribution in [0, 0.1) is 0 Å². The summed E-state index contributed by atoms with van der Waals surface area (Å²) in [6.07, 6.45) is 0.732. The molecule has 1 N–H and O–H groups in total. The van der Waals surface area contributed by atoms with Crippen LogP contribution in [0.1, 0.15) is 20.3 Å². The number of hydrogen-bond donors (Lipinski definition) is 1. The van der Waals surface area contributed by atoms with Crippen molar-refractivity contribution >= 4 is 26.0 Å². The van der Waals surface area contributed by atoms with E-state index in [1.807, 2.05) is 13.8 Å². The molecule has 0 saturated carbocycles. The van der Waals surface area contributed by atoms with Crippen molar-refractivity contribution in [1.29, 1.82) is 0 Å². The lowest BCUT2D eigenvalue weighted by Crippen LogP contribution is -2.32. The maximum absolute atomic E-state index is 12.1. The van der Waals surface area contributed by atoms with Crippen molar-refractivity contribution in [3.05, 3.63) is 22.7 Å². The second-order valence-corrected chi connectivity index (χ2v) is 6.32. The van der Waals surface area contributed by atoms with Gasteiger partial charge in [-0.2, -0.15) is 0 Å². The predicted octanol–water partition coefficient (Wildman–Crippen LogP) is 2.53. The smallest absolute Gasteiger partial charge is 0.244 e. The molecule has 1 aromatic carbocycles. The van der Waals surface area contributed by atoms with Gasteiger partial charge in [0.05, 0.1) is 7.11 Å². The van der Waals surface area contributed by atoms with Crippen LogP contribution in [0.15, 0.2) is 27.6 Å². The normalized spacial score (nSPS) is 13.4. The molecule has 1 aromatic rings. The molecule has 0 saturated heterocycles. The molecule has 0 heterocycles. The minimum Gasteiger partial charge on any atom is -0.495 e. The standard InChI is InChI=1S/C11H16BrNO3S/c1-4-8(2)13-17(14,15)11-7-9(12)5-6-10(11)16-3/h5-8,13H,4H2,1-3H3. The summed E-state index contributed by atoms with van der Waals surface area (Å²) in [6.45, 7) is 3.74. The van der Waals surface area contributed by atoms with E-state index in [4.69, 9.17) is 4.74 Å². The van der Waals surface area contributed by atoms with Gasteiger partial charge in [0.1, 0.15) is 10.6 Å². The monoisotopic (exact) mass is 321 g/mol. The Balaban J connectivity index is 3.18. The molecule has 0 fully saturated rings. The Kier molecular flexibility index (Phi) is 4.97. The second-order valence-electron chi connectivity index (χ2n) is 3.73. The number of benzene rings is 1. The van der Waals surface area contributed by atoms with Crippen LogP contribution >= 0.6 is 15.9 Å². The summed E-state index contributed by atoms with van der Waals surface area (Å²) in [5, 5.41) is 0. The zero-order valence-electron chi connectivity index (χ0n) is 10.0. The summed E-state index contributed by atoms with van der Waals surface area (Å²) < 4.78 is 32.6. The second kappa shape index (κ2) is 5.84. The first kappa shape index (κ1) is 14.5. The highest BCUT2D eigenvalue weighted by Gasteiger charge is 2.21. The van der Waals surface area contributed by atoms with Crippen LogP contribution in [0.4, 0.5) is 0 Å². The molecular weight excluding hydrogens is 306 g/mol. The SMILES string of the molecule is CCC(C)NS(=O)(=O)c1cc(Br)ccc1OC. The average Bonchev–Trinajstić information content (AvgIpc) is 2.28. The van der Waals surface area contributed by atoms with E-state index in [-0.39, 0.29) is 10.9 Å². The van der Waals surface area contributed by atoms with Crippen molar-refractivity contribution in [2.24, 2.45) is 0 Å². The maximum Gasteiger partial charge on any atom is 0.244 e. The number of rotatable bonds is 5. The third-order valence-corrected chi connectivity index (χ3v) is 4.49. The Morgan fingerprint density at radius 1 is 1.47 bits per heavy atom. The highest BCUT2D eigenvalue weighted by Crippen LogP contribution is 2.27. The fourth-order valence-electron chi connectivity index (χ4n) is 1.27. The Hall–Kier alpha value is -0.590. The predicted molar refractivity (Wildman–Crippen MR) is 70.8 cm³/mol. The average molecular weight is 322 g/mol. The molecule has 0 radical (unpaired) electrons. The summed E-state index contributed by atoms with van der Waals surface area (Å²) in [7, 11) is -2.09. The van der Waals surface area contributed by atoms with Crippen molar-refractivity contribution in [3.8, 4) is 5.75 Å². The van der Waals surface area contributed by atoms with E-state index in [1.165, 1.54) is 13.2 Å². The first-order valence-electron chi connectivity index (χ1n) is 5.26. The largest absolute Gasteiger partial charge is 0.495 e. The van der Waals surface area contributed by atoms with Crippen molar-refractivity contribution < 1.29 is 13.2 Å². The van der Waals surface area contributed by atoms with Crippen LogP contribution in [-0.4, -0.2) is 21.6 Å². The van der Waals surface area contributed by atoms with Gasteiger partial charge in [0.25, 0.3) is 0 Å². The summed E-state index contributed by atoms with van der Waals surface area (Å²) >= 11 is 3.25. The summed E-state index contributed by atoms with van der Waals surface area (Å²) in [6, 6.07) is 4.78. The number of halogens is 1. The quantitative estimate of drug-likeness (QED) is 0.906. The zero-order chi connectivity index (χ0) is 13.1. The van der Waals surface area contributed by atoms with E-state index in [2.05, 4.69) is 20.7 Å². The van der Waals surface area contributed by atoms with E-state index in [9.17, 15) is 8.42 Å². The first-order chi connectivity index (χ1) is 7.90. The van der Waals surface area contributed by atoms with Gasteiger partial charge in [0, 0.05) is 10.5 Å². The minimum absolute atomic E-state index is 0.108. The lowest BCUT2D eigenvalue weighted by Gasteiger charge is -2.14. The molecule has 6 heteroatoms. The molecule has 4 nitrogen and oxygen atoms in total. The molecule has 0 aromatic heterocycles. The van der Waals surface area contributed by atoms with Crippen molar-refractivity contribution in [1.82, 2.24) is 4.72 Å². The molecule has 0 aliphatic rings. The molecule has 0 bridgehead atoms. The van der Waals surface area contributed by atoms with Crippen LogP contribution in [0.2, 0.25) is 0 Å². The van der Waals surface area contributed by atoms with Crippen LogP contribution in [-0.2, 0) is 10.0 Å². The maximum atomic E-state index is 12.1. The van der Waals surface area contributed by atoms with Crippen molar-refractivity contribution in [2.75, 3.05) is 7.11 Å². The van der Waals surface area contributed by atoms with E-state index >= 15 is 0 Å². The summed E-state index contributed by atoms with van der Waals surface area (Å²) in [4.78, 5) is 0.148. The van der Waals surface area contributed by atoms with Gasteiger partial charge in [-0.1, -0.05) is 22.9 Å². The molecule has 0 spiro atoms. The highest BCUT2D eigenvalue weighted by molar-refractivity contribution is 9.10. The fraction of sp³-hybridized carbons (Fsp3) is 0.455. The molecule has 0 amide bonds. The molecule has 0 aliphatic carbocycles. The number of ether oxygens (including phenoxy) is 1. The van der Waals surface area contributed by atoms with Gasteiger partial charge >= 0.3 is 0 Å². The molecule has 96 valence electrons. The van der Waals surface area contributed by atoms with Crippen molar-refractivity contribution in [3.63, 3.8) is 0 Å². The number of methoxy groups -OCH3 is 1. The number of nitrogens with one attached hydrogen (secondary N) is 1. The molecule has 1 unspecified atom stereocenters. The number of sulfonamides is 1. The zero-order valence-corrected chi connectivity index (χ0v) is 12.4. The Bertz CT molecular complexity index is 487. The van der Waals surface area contributed by atoms with Gasteiger partial charge in [0.15, 0.2) is 0 Å². The van der Waals surface area contributed by atoms with Crippen LogP contribution in [0.5, 0.6) is 5.75 Å². The van der Waals surface area contributed by atoms with Gasteiger partial charge in [0.2, 0.25) is 10.0 Å². The van der Waals surface area contributed by atoms with Gasteiger partial charge < -0.3 is 4.74 Å². The lowest BCUT2D eigenvalue weighted by molar-refractivity contribution is 0.402. The molecule has 17 heavy (non-hydrogen) atoms. The fourth-order valence-corrected chi connectivity index (χ4v) is 3.31. The molecule has 1 rings (SSSR count). The van der Waals surface area contributed by atoms with Crippen LogP contribution in [0.25, 0.3) is 0 Å². The Morgan fingerprint density at radius 2 is 2.12 bits per heavy atom. The van der Waals surface area contributed by atoms with E-state index < -0.39 is 10.0 Å². The van der Waals surface area contributed by atoms with E-state index in [1.54, 1.807) is 12.1 Å². The van der Waals surface area contributed by atoms with Gasteiger partial charge in [-0.05, 0) is 31.5 Å².